The number of carboxylic acids is 1. The molecule has 7 nitrogen and oxygen atoms in total. The lowest BCUT2D eigenvalue weighted by molar-refractivity contribution is -0.148. The van der Waals surface area contributed by atoms with E-state index in [0.29, 0.717) is 5.75 Å². The molecule has 2 aliphatic rings. The first kappa shape index (κ1) is 12.2. The molecule has 2 rings (SSSR count). The zero-order valence-electron chi connectivity index (χ0n) is 8.83. The molecule has 0 radical (unpaired) electrons. The van der Waals surface area contributed by atoms with Crippen LogP contribution in [0.4, 0.5) is 4.79 Å². The minimum atomic E-state index is -1.13. The molecule has 0 aromatic rings. The third-order valence-electron chi connectivity index (χ3n) is 2.82. The van der Waals surface area contributed by atoms with Crippen molar-refractivity contribution in [3.8, 4) is 0 Å². The Bertz CT molecular complexity index is 374. The molecule has 3 atom stereocenters. The predicted molar refractivity (Wildman–Crippen MR) is 58.5 cm³/mol. The van der Waals surface area contributed by atoms with Gasteiger partial charge in [0.2, 0.25) is 5.91 Å². The van der Waals surface area contributed by atoms with Crippen molar-refractivity contribution in [2.24, 2.45) is 0 Å². The quantitative estimate of drug-likeness (QED) is 0.579. The smallest absolute Gasteiger partial charge is 0.326 e. The van der Waals surface area contributed by atoms with Gasteiger partial charge in [-0.2, -0.15) is 0 Å². The minimum absolute atomic E-state index is 0.00678. The summed E-state index contributed by atoms with van der Waals surface area (Å²) >= 11 is 0.995. The number of carboxylic acid groups (broad SMARTS) is 1. The number of nitrogens with one attached hydrogen (secondary N) is 1. The summed E-state index contributed by atoms with van der Waals surface area (Å²) in [5, 5.41) is 20.5. The van der Waals surface area contributed by atoms with Crippen LogP contribution in [0.15, 0.2) is 0 Å². The summed E-state index contributed by atoms with van der Waals surface area (Å²) in [4.78, 5) is 35.0. The van der Waals surface area contributed by atoms with Gasteiger partial charge in [0.25, 0.3) is 5.24 Å². The zero-order chi connectivity index (χ0) is 12.6. The first-order valence-corrected chi connectivity index (χ1v) is 6.12. The molecule has 0 aromatic heterocycles. The molecular weight excluding hydrogens is 248 g/mol. The Hall–Kier alpha value is -1.28. The molecule has 1 unspecified atom stereocenters. The van der Waals surface area contributed by atoms with Crippen molar-refractivity contribution in [1.82, 2.24) is 10.2 Å². The van der Waals surface area contributed by atoms with Gasteiger partial charge in [0.1, 0.15) is 12.1 Å². The van der Waals surface area contributed by atoms with Gasteiger partial charge in [-0.25, -0.2) is 4.79 Å². The van der Waals surface area contributed by atoms with Crippen molar-refractivity contribution < 1.29 is 24.6 Å². The molecule has 8 heteroatoms. The average molecular weight is 260 g/mol. The molecule has 17 heavy (non-hydrogen) atoms. The third kappa shape index (κ3) is 2.37. The van der Waals surface area contributed by atoms with Gasteiger partial charge >= 0.3 is 5.97 Å². The van der Waals surface area contributed by atoms with Crippen molar-refractivity contribution >= 4 is 28.9 Å². The molecule has 2 fully saturated rings. The summed E-state index contributed by atoms with van der Waals surface area (Å²) < 4.78 is 0. The second-order valence-electron chi connectivity index (χ2n) is 4.03. The Morgan fingerprint density at radius 1 is 1.47 bits per heavy atom. The number of aliphatic hydroxyl groups excluding tert-OH is 1. The minimum Gasteiger partial charge on any atom is -0.480 e. The standard InChI is InChI=1S/C9H12N2O5S/c12-4-1-6(8(14)15)11(2-4)7(13)5-3-17-9(16)10-5/h4-6,12H,1-3H2,(H,10,16)(H,14,15)/t4-,5?,6+/m1/s1. The van der Waals surface area contributed by atoms with Crippen LogP contribution in [0.25, 0.3) is 0 Å². The number of amides is 2. The third-order valence-corrected chi connectivity index (χ3v) is 3.70. The molecule has 0 saturated carbocycles. The Kier molecular flexibility index (Phi) is 3.25. The number of thioether (sulfide) groups is 1. The number of rotatable bonds is 2. The van der Waals surface area contributed by atoms with Crippen molar-refractivity contribution in [2.45, 2.75) is 24.6 Å². The Labute approximate surface area is 101 Å². The summed E-state index contributed by atoms with van der Waals surface area (Å²) in [6, 6.07) is -1.68. The van der Waals surface area contributed by atoms with Crippen LogP contribution in [-0.4, -0.2) is 62.7 Å². The van der Waals surface area contributed by atoms with Gasteiger partial charge in [0, 0.05) is 18.7 Å². The summed E-state index contributed by atoms with van der Waals surface area (Å²) in [5.41, 5.74) is 0. The van der Waals surface area contributed by atoms with E-state index in [0.717, 1.165) is 16.7 Å². The summed E-state index contributed by atoms with van der Waals surface area (Å²) in [7, 11) is 0. The fraction of sp³-hybridized carbons (Fsp3) is 0.667. The second-order valence-corrected chi connectivity index (χ2v) is 5.02. The van der Waals surface area contributed by atoms with E-state index in [1.807, 2.05) is 0 Å². The molecule has 94 valence electrons. The molecule has 3 N–H and O–H groups in total. The van der Waals surface area contributed by atoms with Gasteiger partial charge in [-0.3, -0.25) is 9.59 Å². The van der Waals surface area contributed by atoms with E-state index >= 15 is 0 Å². The first-order chi connectivity index (χ1) is 7.99. The highest BCUT2D eigenvalue weighted by atomic mass is 32.2. The number of aliphatic hydroxyl groups is 1. The summed E-state index contributed by atoms with van der Waals surface area (Å²) in [6.45, 7) is 0.00678. The van der Waals surface area contributed by atoms with Crippen molar-refractivity contribution in [2.75, 3.05) is 12.3 Å². The largest absolute Gasteiger partial charge is 0.480 e. The molecule has 0 bridgehead atoms. The van der Waals surface area contributed by atoms with Crippen LogP contribution in [0.5, 0.6) is 0 Å². The Balaban J connectivity index is 2.07. The van der Waals surface area contributed by atoms with Crippen LogP contribution in [0.1, 0.15) is 6.42 Å². The van der Waals surface area contributed by atoms with Crippen LogP contribution in [0.3, 0.4) is 0 Å². The summed E-state index contributed by atoms with van der Waals surface area (Å²) in [5.74, 6) is -1.27. The van der Waals surface area contributed by atoms with Crippen LogP contribution in [0, 0.1) is 0 Å². The van der Waals surface area contributed by atoms with Gasteiger partial charge in [0.15, 0.2) is 0 Å². The maximum Gasteiger partial charge on any atom is 0.326 e. The molecule has 2 aliphatic heterocycles. The monoisotopic (exact) mass is 260 g/mol. The molecule has 0 aliphatic carbocycles. The van der Waals surface area contributed by atoms with Crippen LogP contribution < -0.4 is 5.32 Å². The number of carbonyl (C=O) groups excluding carboxylic acids is 2. The highest BCUT2D eigenvalue weighted by Gasteiger charge is 2.42. The van der Waals surface area contributed by atoms with Crippen LogP contribution >= 0.6 is 11.8 Å². The lowest BCUT2D eigenvalue weighted by Gasteiger charge is -2.23. The van der Waals surface area contributed by atoms with Gasteiger partial charge in [0.05, 0.1) is 6.10 Å². The van der Waals surface area contributed by atoms with E-state index in [2.05, 4.69) is 5.32 Å². The van der Waals surface area contributed by atoms with E-state index in [-0.39, 0.29) is 18.2 Å². The highest BCUT2D eigenvalue weighted by molar-refractivity contribution is 8.14. The maximum atomic E-state index is 12.0. The van der Waals surface area contributed by atoms with Crippen molar-refractivity contribution in [3.63, 3.8) is 0 Å². The summed E-state index contributed by atoms with van der Waals surface area (Å²) in [6.07, 6.45) is -0.778. The zero-order valence-corrected chi connectivity index (χ0v) is 9.64. The lowest BCUT2D eigenvalue weighted by atomic mass is 10.2. The number of carbonyl (C=O) groups is 3. The maximum absolute atomic E-state index is 12.0. The SMILES string of the molecule is O=C1NC(C(=O)N2C[C@H](O)C[C@H]2C(=O)O)CS1. The molecule has 2 amide bonds. The van der Waals surface area contributed by atoms with Gasteiger partial charge in [-0.15, -0.1) is 0 Å². The van der Waals surface area contributed by atoms with E-state index in [1.54, 1.807) is 0 Å². The Morgan fingerprint density at radius 3 is 2.71 bits per heavy atom. The molecule has 2 heterocycles. The lowest BCUT2D eigenvalue weighted by Crippen LogP contribution is -2.49. The fourth-order valence-corrected chi connectivity index (χ4v) is 2.78. The van der Waals surface area contributed by atoms with E-state index in [4.69, 9.17) is 5.11 Å². The average Bonchev–Trinajstić information content (AvgIpc) is 2.83. The van der Waals surface area contributed by atoms with Crippen molar-refractivity contribution in [1.29, 1.82) is 0 Å². The molecule has 2 saturated heterocycles. The van der Waals surface area contributed by atoms with Crippen LogP contribution in [-0.2, 0) is 9.59 Å². The fourth-order valence-electron chi connectivity index (χ4n) is 2.01. The Morgan fingerprint density at radius 2 is 2.18 bits per heavy atom. The number of nitrogens with zero attached hydrogens (tertiary/aromatic N) is 1. The van der Waals surface area contributed by atoms with E-state index in [9.17, 15) is 19.5 Å². The normalized spacial score (nSPS) is 32.6. The van der Waals surface area contributed by atoms with Gasteiger partial charge in [-0.1, -0.05) is 11.8 Å². The predicted octanol–water partition coefficient (Wildman–Crippen LogP) is -1.14. The van der Waals surface area contributed by atoms with Gasteiger partial charge in [-0.05, 0) is 0 Å². The first-order valence-electron chi connectivity index (χ1n) is 5.13. The topological polar surface area (TPSA) is 107 Å². The van der Waals surface area contributed by atoms with Gasteiger partial charge < -0.3 is 20.4 Å². The van der Waals surface area contributed by atoms with Crippen molar-refractivity contribution in [3.05, 3.63) is 0 Å². The molecule has 0 spiro atoms. The number of β-amino-alcohol motifs (C(OH)–C–C–N with tert-alkyl or cyclic N) is 1. The number of aliphatic carboxylic acids is 1. The molecule has 0 aromatic carbocycles. The van der Waals surface area contributed by atoms with Crippen LogP contribution in [0.2, 0.25) is 0 Å². The van der Waals surface area contributed by atoms with E-state index < -0.39 is 30.1 Å². The van der Waals surface area contributed by atoms with E-state index in [1.165, 1.54) is 0 Å². The number of hydrogen-bond acceptors (Lipinski definition) is 5. The number of hydrogen-bond donors (Lipinski definition) is 3. The number of likely N-dealkylation sites (tertiary alicyclic amines) is 1. The molecular formula is C9H12N2O5S. The highest BCUT2D eigenvalue weighted by Crippen LogP contribution is 2.22. The second kappa shape index (κ2) is 4.53.